The smallest absolute Gasteiger partial charge is 0.295 e. The second kappa shape index (κ2) is 11.1. The second-order valence-corrected chi connectivity index (χ2v) is 8.27. The van der Waals surface area contributed by atoms with E-state index in [4.69, 9.17) is 9.47 Å². The number of hydrogen-bond acceptors (Lipinski definition) is 5. The number of amides is 1. The molecule has 1 aliphatic heterocycles. The number of H-pyrrole nitrogens is 1. The van der Waals surface area contributed by atoms with Crippen LogP contribution < -0.4 is 14.0 Å². The zero-order valence-electron chi connectivity index (χ0n) is 20.2. The molecule has 1 unspecified atom stereocenters. The number of hydrogen-bond donors (Lipinski definition) is 2. The van der Waals surface area contributed by atoms with Crippen LogP contribution >= 0.6 is 0 Å². The second-order valence-electron chi connectivity index (χ2n) is 8.27. The van der Waals surface area contributed by atoms with Crippen LogP contribution in [0.1, 0.15) is 37.4 Å². The molecule has 1 aromatic heterocycles. The standard InChI is InChI=1S/C27H28FN3O5/c1-3-35-21-11-8-19(16-22(21)36-4-2)24-23(25(32)18-6-9-20(28)10-7-18)26(33)27(34)31(24)14-5-13-30-15-12-29-17-30/h6-12,15-17,24H,3-5,13-14H2,1-2H3,(H,32,33)/p+1. The first-order valence-electron chi connectivity index (χ1n) is 11.9. The number of Topliss-reactive ketones (excluding diaryl/α,β-unsaturated/α-hetero) is 1. The molecule has 0 radical (unpaired) electrons. The van der Waals surface area contributed by atoms with Crippen molar-refractivity contribution in [3.05, 3.63) is 83.7 Å². The van der Waals surface area contributed by atoms with Crippen molar-refractivity contribution < 1.29 is 33.1 Å². The highest BCUT2D eigenvalue weighted by atomic mass is 19.1. The maximum absolute atomic E-state index is 13.5. The van der Waals surface area contributed by atoms with E-state index >= 15 is 0 Å². The van der Waals surface area contributed by atoms with Crippen LogP contribution in [0, 0.1) is 5.82 Å². The fourth-order valence-corrected chi connectivity index (χ4v) is 4.34. The van der Waals surface area contributed by atoms with Gasteiger partial charge in [-0.1, -0.05) is 6.07 Å². The van der Waals surface area contributed by atoms with Crippen molar-refractivity contribution in [1.82, 2.24) is 9.88 Å². The molecule has 2 aromatic carbocycles. The molecule has 36 heavy (non-hydrogen) atoms. The fourth-order valence-electron chi connectivity index (χ4n) is 4.34. The highest BCUT2D eigenvalue weighted by molar-refractivity contribution is 6.46. The van der Waals surface area contributed by atoms with Gasteiger partial charge in [-0.3, -0.25) is 14.6 Å². The summed E-state index contributed by atoms with van der Waals surface area (Å²) in [6.45, 7) is 5.47. The van der Waals surface area contributed by atoms with Crippen LogP contribution in [0.3, 0.4) is 0 Å². The Morgan fingerprint density at radius 1 is 1.08 bits per heavy atom. The lowest BCUT2D eigenvalue weighted by molar-refractivity contribution is -0.695. The third-order valence-electron chi connectivity index (χ3n) is 5.96. The summed E-state index contributed by atoms with van der Waals surface area (Å²) in [5.74, 6) is -1.29. The zero-order chi connectivity index (χ0) is 25.7. The van der Waals surface area contributed by atoms with Crippen molar-refractivity contribution in [2.45, 2.75) is 32.9 Å². The van der Waals surface area contributed by atoms with E-state index < -0.39 is 23.5 Å². The van der Waals surface area contributed by atoms with Gasteiger partial charge in [-0.15, -0.1) is 0 Å². The van der Waals surface area contributed by atoms with Gasteiger partial charge < -0.3 is 19.5 Å². The molecule has 0 spiro atoms. The number of aliphatic hydroxyl groups is 1. The van der Waals surface area contributed by atoms with Gasteiger partial charge in [-0.05, 0) is 55.8 Å². The lowest BCUT2D eigenvalue weighted by Gasteiger charge is -2.26. The molecule has 1 fully saturated rings. The van der Waals surface area contributed by atoms with E-state index in [1.807, 2.05) is 24.6 Å². The van der Waals surface area contributed by atoms with E-state index in [0.717, 1.165) is 0 Å². The molecule has 0 saturated carbocycles. The molecule has 0 bridgehead atoms. The van der Waals surface area contributed by atoms with Crippen LogP contribution in [0.2, 0.25) is 0 Å². The minimum Gasteiger partial charge on any atom is -0.507 e. The Kier molecular flexibility index (Phi) is 7.68. The fraction of sp³-hybridized carbons (Fsp3) is 0.296. The number of benzene rings is 2. The molecule has 2 heterocycles. The molecule has 0 aliphatic carbocycles. The highest BCUT2D eigenvalue weighted by Crippen LogP contribution is 2.42. The van der Waals surface area contributed by atoms with Crippen LogP contribution in [0.25, 0.3) is 5.76 Å². The Labute approximate surface area is 208 Å². The number of aromatic nitrogens is 2. The van der Waals surface area contributed by atoms with E-state index in [0.29, 0.717) is 43.2 Å². The number of ether oxygens (including phenoxy) is 2. The van der Waals surface area contributed by atoms with Gasteiger partial charge in [-0.2, -0.15) is 0 Å². The number of likely N-dealkylation sites (tertiary alicyclic amines) is 1. The molecule has 1 saturated heterocycles. The third kappa shape index (κ3) is 5.10. The molecule has 8 nitrogen and oxygen atoms in total. The van der Waals surface area contributed by atoms with E-state index in [9.17, 15) is 19.1 Å². The molecular formula is C27H29FN3O5+. The lowest BCUT2D eigenvalue weighted by atomic mass is 9.95. The maximum Gasteiger partial charge on any atom is 0.295 e. The molecule has 1 aliphatic rings. The first-order valence-corrected chi connectivity index (χ1v) is 11.9. The number of carbonyl (C=O) groups excluding carboxylic acids is 2. The molecule has 3 aromatic rings. The quantitative estimate of drug-likeness (QED) is 0.194. The van der Waals surface area contributed by atoms with E-state index in [1.165, 1.54) is 29.2 Å². The SMILES string of the molecule is CCOc1ccc(C2/C(=C(\O)c3ccc(F)cc3)C(=O)C(=O)N2CCC[n+]2cc[nH]c2)cc1OCC. The third-order valence-corrected chi connectivity index (χ3v) is 5.96. The van der Waals surface area contributed by atoms with Gasteiger partial charge >= 0.3 is 0 Å². The number of nitrogens with one attached hydrogen (secondary N) is 1. The summed E-state index contributed by atoms with van der Waals surface area (Å²) in [4.78, 5) is 30.8. The molecule has 9 heteroatoms. The van der Waals surface area contributed by atoms with Gasteiger partial charge in [0.25, 0.3) is 11.7 Å². The topological polar surface area (TPSA) is 95.7 Å². The number of carbonyl (C=O) groups is 2. The van der Waals surface area contributed by atoms with Gasteiger partial charge in [0.2, 0.25) is 6.33 Å². The van der Waals surface area contributed by atoms with E-state index in [-0.39, 0.29) is 23.4 Å². The van der Waals surface area contributed by atoms with Gasteiger partial charge in [0, 0.05) is 18.5 Å². The summed E-state index contributed by atoms with van der Waals surface area (Å²) in [6, 6.07) is 9.52. The summed E-state index contributed by atoms with van der Waals surface area (Å²) in [7, 11) is 0. The first-order chi connectivity index (χ1) is 17.4. The monoisotopic (exact) mass is 494 g/mol. The van der Waals surface area contributed by atoms with Crippen molar-refractivity contribution in [3.8, 4) is 11.5 Å². The number of imidazole rings is 1. The Morgan fingerprint density at radius 3 is 2.47 bits per heavy atom. The van der Waals surface area contributed by atoms with Gasteiger partial charge in [0.05, 0.1) is 31.4 Å². The predicted molar refractivity (Wildman–Crippen MR) is 130 cm³/mol. The van der Waals surface area contributed by atoms with Gasteiger partial charge in [0.15, 0.2) is 11.5 Å². The average molecular weight is 495 g/mol. The number of aliphatic hydroxyl groups excluding tert-OH is 1. The van der Waals surface area contributed by atoms with Gasteiger partial charge in [-0.25, -0.2) is 8.96 Å². The molecule has 4 rings (SSSR count). The minimum absolute atomic E-state index is 0.0486. The maximum atomic E-state index is 13.5. The van der Waals surface area contributed by atoms with Crippen LogP contribution in [0.15, 0.2) is 66.8 Å². The van der Waals surface area contributed by atoms with Crippen LogP contribution in [-0.2, 0) is 16.1 Å². The van der Waals surface area contributed by atoms with Crippen LogP contribution in [-0.4, -0.2) is 46.4 Å². The van der Waals surface area contributed by atoms with Crippen molar-refractivity contribution in [3.63, 3.8) is 0 Å². The Hall–Kier alpha value is -4.14. The summed E-state index contributed by atoms with van der Waals surface area (Å²) < 4.78 is 26.8. The lowest BCUT2D eigenvalue weighted by Crippen LogP contribution is -2.36. The normalized spacial score (nSPS) is 17.0. The summed E-state index contributed by atoms with van der Waals surface area (Å²) in [6.07, 6.45) is 6.06. The van der Waals surface area contributed by atoms with Crippen molar-refractivity contribution >= 4 is 17.4 Å². The van der Waals surface area contributed by atoms with E-state index in [1.54, 1.807) is 30.7 Å². The Bertz CT molecular complexity index is 1250. The van der Waals surface area contributed by atoms with Gasteiger partial charge in [0.1, 0.15) is 24.0 Å². The number of ketones is 1. The zero-order valence-corrected chi connectivity index (χ0v) is 20.2. The van der Waals surface area contributed by atoms with Crippen molar-refractivity contribution in [1.29, 1.82) is 0 Å². The average Bonchev–Trinajstić information content (AvgIpc) is 3.48. The number of halogens is 1. The molecule has 2 N–H and O–H groups in total. The van der Waals surface area contributed by atoms with Crippen molar-refractivity contribution in [2.75, 3.05) is 19.8 Å². The number of aryl methyl sites for hydroxylation is 1. The Morgan fingerprint density at radius 2 is 1.81 bits per heavy atom. The van der Waals surface area contributed by atoms with Crippen LogP contribution in [0.4, 0.5) is 4.39 Å². The molecule has 1 amide bonds. The minimum atomic E-state index is -0.846. The number of nitrogens with zero attached hydrogens (tertiary/aromatic N) is 2. The number of aromatic amines is 1. The largest absolute Gasteiger partial charge is 0.507 e. The predicted octanol–water partition coefficient (Wildman–Crippen LogP) is 3.75. The number of rotatable bonds is 10. The molecule has 188 valence electrons. The Balaban J connectivity index is 1.77. The molecule has 1 atom stereocenters. The summed E-state index contributed by atoms with van der Waals surface area (Å²) >= 11 is 0. The van der Waals surface area contributed by atoms with E-state index in [2.05, 4.69) is 4.98 Å². The van der Waals surface area contributed by atoms with Crippen LogP contribution in [0.5, 0.6) is 11.5 Å². The first kappa shape index (κ1) is 25.0. The summed E-state index contributed by atoms with van der Waals surface area (Å²) in [5, 5.41) is 11.1. The highest BCUT2D eigenvalue weighted by Gasteiger charge is 2.46. The summed E-state index contributed by atoms with van der Waals surface area (Å²) in [5.41, 5.74) is 0.796. The van der Waals surface area contributed by atoms with Crippen molar-refractivity contribution in [2.24, 2.45) is 0 Å². The molecular weight excluding hydrogens is 465 g/mol.